The van der Waals surface area contributed by atoms with Gasteiger partial charge in [-0.15, -0.1) is 5.10 Å². The van der Waals surface area contributed by atoms with Crippen molar-refractivity contribution in [2.45, 2.75) is 13.2 Å². The molecule has 0 fully saturated rings. The summed E-state index contributed by atoms with van der Waals surface area (Å²) < 4.78 is 17.6. The standard InChI is InChI=1S/C23H18N4O6/c1-31-15-6-7-18-17(10-15)22(29)23(30)27(18)9-8-26-12-14(24-25-26)13-32-20-11-21(28)33-19-5-3-2-4-16(19)20/h2-7,10-12H,8-9,13H2,1H3. The first kappa shape index (κ1) is 20.4. The molecule has 0 saturated heterocycles. The van der Waals surface area contributed by atoms with E-state index in [4.69, 9.17) is 13.9 Å². The molecule has 0 bridgehead atoms. The fourth-order valence-corrected chi connectivity index (χ4v) is 3.70. The highest BCUT2D eigenvalue weighted by Crippen LogP contribution is 2.32. The van der Waals surface area contributed by atoms with Crippen molar-refractivity contribution >= 4 is 28.3 Å². The van der Waals surface area contributed by atoms with Gasteiger partial charge in [-0.25, -0.2) is 4.79 Å². The lowest BCUT2D eigenvalue weighted by Gasteiger charge is -2.16. The Morgan fingerprint density at radius 3 is 2.73 bits per heavy atom. The first-order chi connectivity index (χ1) is 16.0. The number of para-hydroxylation sites is 1. The van der Waals surface area contributed by atoms with E-state index in [0.717, 1.165) is 0 Å². The summed E-state index contributed by atoms with van der Waals surface area (Å²) in [6.45, 7) is 0.671. The molecule has 1 aliphatic rings. The Labute approximate surface area is 186 Å². The second-order valence-corrected chi connectivity index (χ2v) is 7.36. The molecule has 166 valence electrons. The molecule has 5 rings (SSSR count). The minimum Gasteiger partial charge on any atom is -0.497 e. The van der Waals surface area contributed by atoms with E-state index in [1.807, 2.05) is 6.07 Å². The average Bonchev–Trinajstić information content (AvgIpc) is 3.38. The quantitative estimate of drug-likeness (QED) is 0.313. The molecule has 33 heavy (non-hydrogen) atoms. The summed E-state index contributed by atoms with van der Waals surface area (Å²) in [6.07, 6.45) is 1.69. The fraction of sp³-hybridized carbons (Fsp3) is 0.174. The second kappa shape index (κ2) is 8.23. The van der Waals surface area contributed by atoms with Crippen molar-refractivity contribution in [1.82, 2.24) is 15.0 Å². The van der Waals surface area contributed by atoms with Gasteiger partial charge in [0.15, 0.2) is 0 Å². The SMILES string of the molecule is COc1ccc2c(c1)C(=O)C(=O)N2CCn1cc(COc2cc(=O)oc3ccccc23)nn1. The third-order valence-corrected chi connectivity index (χ3v) is 5.30. The first-order valence-electron chi connectivity index (χ1n) is 10.1. The van der Waals surface area contributed by atoms with Gasteiger partial charge in [0.25, 0.3) is 11.7 Å². The van der Waals surface area contributed by atoms with Crippen LogP contribution >= 0.6 is 0 Å². The number of carbonyl (C=O) groups is 2. The van der Waals surface area contributed by atoms with E-state index < -0.39 is 17.3 Å². The molecule has 0 atom stereocenters. The largest absolute Gasteiger partial charge is 0.497 e. The highest BCUT2D eigenvalue weighted by Gasteiger charge is 2.35. The molecule has 3 heterocycles. The molecule has 2 aromatic carbocycles. The fourth-order valence-electron chi connectivity index (χ4n) is 3.70. The minimum atomic E-state index is -0.586. The smallest absolute Gasteiger partial charge is 0.339 e. The maximum atomic E-state index is 12.4. The Bertz CT molecular complexity index is 1440. The number of hydrogen-bond donors (Lipinski definition) is 0. The van der Waals surface area contributed by atoms with Crippen LogP contribution in [0.5, 0.6) is 11.5 Å². The number of fused-ring (bicyclic) bond motifs is 2. The number of Topliss-reactive ketones (excluding diaryl/α,β-unsaturated/α-hetero) is 1. The summed E-state index contributed by atoms with van der Waals surface area (Å²) >= 11 is 0. The molecule has 0 unspecified atom stereocenters. The minimum absolute atomic E-state index is 0.0945. The molecular weight excluding hydrogens is 428 g/mol. The number of nitrogens with zero attached hydrogens (tertiary/aromatic N) is 4. The normalized spacial score (nSPS) is 12.9. The van der Waals surface area contributed by atoms with E-state index in [9.17, 15) is 14.4 Å². The zero-order valence-electron chi connectivity index (χ0n) is 17.6. The van der Waals surface area contributed by atoms with Gasteiger partial charge < -0.3 is 18.8 Å². The lowest BCUT2D eigenvalue weighted by atomic mass is 10.1. The van der Waals surface area contributed by atoms with Crippen LogP contribution in [0.25, 0.3) is 11.0 Å². The molecule has 0 spiro atoms. The lowest BCUT2D eigenvalue weighted by molar-refractivity contribution is -0.114. The number of rotatable bonds is 7. The van der Waals surface area contributed by atoms with Gasteiger partial charge in [-0.2, -0.15) is 0 Å². The van der Waals surface area contributed by atoms with E-state index in [-0.39, 0.29) is 13.2 Å². The predicted molar refractivity (Wildman–Crippen MR) is 117 cm³/mol. The van der Waals surface area contributed by atoms with Crippen molar-refractivity contribution in [3.63, 3.8) is 0 Å². The molecule has 1 amide bonds. The molecule has 0 aliphatic carbocycles. The number of aromatic nitrogens is 3. The van der Waals surface area contributed by atoms with Gasteiger partial charge in [0.2, 0.25) is 0 Å². The topological polar surface area (TPSA) is 117 Å². The van der Waals surface area contributed by atoms with Crippen LogP contribution in [0.15, 0.2) is 63.9 Å². The van der Waals surface area contributed by atoms with Gasteiger partial charge in [0.05, 0.1) is 42.6 Å². The zero-order chi connectivity index (χ0) is 22.9. The molecule has 0 radical (unpaired) electrons. The summed E-state index contributed by atoms with van der Waals surface area (Å²) in [5.41, 5.74) is 1.35. The Balaban J connectivity index is 1.26. The number of methoxy groups -OCH3 is 1. The molecule has 0 N–H and O–H groups in total. The highest BCUT2D eigenvalue weighted by molar-refractivity contribution is 6.52. The number of ether oxygens (including phenoxy) is 2. The summed E-state index contributed by atoms with van der Waals surface area (Å²) in [5.74, 6) is -0.237. The van der Waals surface area contributed by atoms with Gasteiger partial charge in [-0.3, -0.25) is 14.3 Å². The lowest BCUT2D eigenvalue weighted by Crippen LogP contribution is -2.32. The molecular formula is C23H18N4O6. The first-order valence-corrected chi connectivity index (χ1v) is 10.1. The Morgan fingerprint density at radius 2 is 1.88 bits per heavy atom. The van der Waals surface area contributed by atoms with Crippen LogP contribution in [0.4, 0.5) is 5.69 Å². The maximum Gasteiger partial charge on any atom is 0.339 e. The highest BCUT2D eigenvalue weighted by atomic mass is 16.5. The summed E-state index contributed by atoms with van der Waals surface area (Å²) in [5, 5.41) is 8.82. The number of benzene rings is 2. The van der Waals surface area contributed by atoms with Gasteiger partial charge in [-0.05, 0) is 30.3 Å². The Hall–Kier alpha value is -4.47. The van der Waals surface area contributed by atoms with E-state index in [1.165, 1.54) is 18.1 Å². The molecule has 0 saturated carbocycles. The van der Waals surface area contributed by atoms with Crippen molar-refractivity contribution < 1.29 is 23.5 Å². The van der Waals surface area contributed by atoms with Crippen LogP contribution in [0.3, 0.4) is 0 Å². The molecule has 4 aromatic rings. The Kier molecular flexibility index (Phi) is 5.09. The van der Waals surface area contributed by atoms with Crippen LogP contribution in [-0.2, 0) is 17.9 Å². The average molecular weight is 446 g/mol. The number of carbonyl (C=O) groups excluding carboxylic acids is 2. The molecule has 1 aliphatic heterocycles. The predicted octanol–water partition coefficient (Wildman–Crippen LogP) is 2.20. The molecule has 10 heteroatoms. The van der Waals surface area contributed by atoms with Crippen LogP contribution < -0.4 is 20.0 Å². The Morgan fingerprint density at radius 1 is 1.03 bits per heavy atom. The summed E-state index contributed by atoms with van der Waals surface area (Å²) in [7, 11) is 1.50. The third kappa shape index (κ3) is 3.82. The van der Waals surface area contributed by atoms with Crippen LogP contribution in [0, 0.1) is 0 Å². The van der Waals surface area contributed by atoms with E-state index >= 15 is 0 Å². The monoisotopic (exact) mass is 446 g/mol. The third-order valence-electron chi connectivity index (χ3n) is 5.30. The second-order valence-electron chi connectivity index (χ2n) is 7.36. The maximum absolute atomic E-state index is 12.4. The van der Waals surface area contributed by atoms with Crippen LogP contribution in [0.1, 0.15) is 16.1 Å². The van der Waals surface area contributed by atoms with Crippen molar-refractivity contribution in [1.29, 1.82) is 0 Å². The number of hydrogen-bond acceptors (Lipinski definition) is 8. The van der Waals surface area contributed by atoms with Crippen LogP contribution in [0.2, 0.25) is 0 Å². The van der Waals surface area contributed by atoms with E-state index in [0.29, 0.717) is 46.0 Å². The van der Waals surface area contributed by atoms with E-state index in [2.05, 4.69) is 10.3 Å². The van der Waals surface area contributed by atoms with Crippen molar-refractivity contribution in [2.24, 2.45) is 0 Å². The van der Waals surface area contributed by atoms with Gasteiger partial charge in [0.1, 0.15) is 29.4 Å². The van der Waals surface area contributed by atoms with Gasteiger partial charge >= 0.3 is 5.63 Å². The van der Waals surface area contributed by atoms with E-state index in [1.54, 1.807) is 47.3 Å². The zero-order valence-corrected chi connectivity index (χ0v) is 17.6. The summed E-state index contributed by atoms with van der Waals surface area (Å²) in [4.78, 5) is 37.9. The molecule has 2 aromatic heterocycles. The van der Waals surface area contributed by atoms with Crippen molar-refractivity contribution in [2.75, 3.05) is 18.6 Å². The number of ketones is 1. The molecule has 10 nitrogen and oxygen atoms in total. The van der Waals surface area contributed by atoms with Gasteiger partial charge in [-0.1, -0.05) is 17.3 Å². The summed E-state index contributed by atoms with van der Waals surface area (Å²) in [6, 6.07) is 13.3. The van der Waals surface area contributed by atoms with Crippen molar-refractivity contribution in [3.05, 3.63) is 76.4 Å². The van der Waals surface area contributed by atoms with Crippen molar-refractivity contribution in [3.8, 4) is 11.5 Å². The van der Waals surface area contributed by atoms with Gasteiger partial charge in [0, 0.05) is 6.54 Å². The number of anilines is 1. The van der Waals surface area contributed by atoms with Crippen LogP contribution in [-0.4, -0.2) is 40.3 Å². The number of amides is 1.